The normalized spacial score (nSPS) is 17.1. The van der Waals surface area contributed by atoms with Crippen molar-refractivity contribution in [3.8, 4) is 11.5 Å². The molecule has 0 amide bonds. The zero-order chi connectivity index (χ0) is 13.8. The fourth-order valence-corrected chi connectivity index (χ4v) is 2.37. The molecule has 1 atom stereocenters. The summed E-state index contributed by atoms with van der Waals surface area (Å²) in [6, 6.07) is 3.79. The standard InChI is InChI=1S/C14H19NO4/c1-2-18-12-3-4-13(19-6-5-14(16)17)11-8-9(15)7-10(11)12/h3-4,9H,2,5-8,15H2,1H3,(H,16,17). The van der Waals surface area contributed by atoms with Gasteiger partial charge in [-0.15, -0.1) is 0 Å². The van der Waals surface area contributed by atoms with Crippen LogP contribution in [0.2, 0.25) is 0 Å². The topological polar surface area (TPSA) is 81.8 Å². The van der Waals surface area contributed by atoms with Gasteiger partial charge < -0.3 is 20.3 Å². The molecule has 1 aliphatic rings. The van der Waals surface area contributed by atoms with Crippen LogP contribution in [-0.2, 0) is 17.6 Å². The van der Waals surface area contributed by atoms with Gasteiger partial charge in [0.05, 0.1) is 19.6 Å². The predicted octanol–water partition coefficient (Wildman–Crippen LogP) is 1.36. The lowest BCUT2D eigenvalue weighted by molar-refractivity contribution is -0.137. The van der Waals surface area contributed by atoms with Gasteiger partial charge >= 0.3 is 5.97 Å². The van der Waals surface area contributed by atoms with Crippen LogP contribution in [0.4, 0.5) is 0 Å². The second kappa shape index (κ2) is 5.93. The number of fused-ring (bicyclic) bond motifs is 1. The Labute approximate surface area is 112 Å². The van der Waals surface area contributed by atoms with Gasteiger partial charge in [0.1, 0.15) is 11.5 Å². The smallest absolute Gasteiger partial charge is 0.306 e. The highest BCUT2D eigenvalue weighted by Crippen LogP contribution is 2.36. The number of hydrogen-bond acceptors (Lipinski definition) is 4. The number of carboxylic acids is 1. The van der Waals surface area contributed by atoms with Gasteiger partial charge in [0.2, 0.25) is 0 Å². The van der Waals surface area contributed by atoms with E-state index in [1.165, 1.54) is 0 Å². The molecule has 0 saturated heterocycles. The Morgan fingerprint density at radius 2 is 1.89 bits per heavy atom. The molecule has 0 saturated carbocycles. The van der Waals surface area contributed by atoms with Crippen LogP contribution in [0.25, 0.3) is 0 Å². The lowest BCUT2D eigenvalue weighted by atomic mass is 10.1. The summed E-state index contributed by atoms with van der Waals surface area (Å²) in [6.07, 6.45) is 1.52. The second-order valence-electron chi connectivity index (χ2n) is 4.61. The average Bonchev–Trinajstić information content (AvgIpc) is 2.73. The van der Waals surface area contributed by atoms with E-state index in [-0.39, 0.29) is 19.1 Å². The molecule has 104 valence electrons. The highest BCUT2D eigenvalue weighted by Gasteiger charge is 2.25. The Bertz CT molecular complexity index is 473. The molecule has 0 heterocycles. The van der Waals surface area contributed by atoms with Crippen molar-refractivity contribution >= 4 is 5.97 Å². The molecule has 2 rings (SSSR count). The number of nitrogens with two attached hydrogens (primary N) is 1. The van der Waals surface area contributed by atoms with Gasteiger partial charge in [-0.1, -0.05) is 0 Å². The molecule has 0 fully saturated rings. The molecule has 1 aromatic rings. The molecular weight excluding hydrogens is 246 g/mol. The monoisotopic (exact) mass is 265 g/mol. The Balaban J connectivity index is 2.17. The third kappa shape index (κ3) is 3.17. The molecule has 1 aromatic carbocycles. The molecule has 0 aliphatic heterocycles. The van der Waals surface area contributed by atoms with Gasteiger partial charge in [0.15, 0.2) is 0 Å². The highest BCUT2D eigenvalue weighted by molar-refractivity contribution is 5.66. The molecular formula is C14H19NO4. The van der Waals surface area contributed by atoms with Crippen molar-refractivity contribution < 1.29 is 19.4 Å². The van der Waals surface area contributed by atoms with Crippen LogP contribution < -0.4 is 15.2 Å². The molecule has 1 unspecified atom stereocenters. The van der Waals surface area contributed by atoms with Crippen molar-refractivity contribution in [2.45, 2.75) is 32.2 Å². The van der Waals surface area contributed by atoms with Crippen LogP contribution in [0.15, 0.2) is 12.1 Å². The fraction of sp³-hybridized carbons (Fsp3) is 0.500. The molecule has 3 N–H and O–H groups in total. The van der Waals surface area contributed by atoms with E-state index >= 15 is 0 Å². The molecule has 0 spiro atoms. The van der Waals surface area contributed by atoms with Crippen LogP contribution >= 0.6 is 0 Å². The number of ether oxygens (including phenoxy) is 2. The number of carboxylic acid groups (broad SMARTS) is 1. The lowest BCUT2D eigenvalue weighted by Crippen LogP contribution is -2.19. The van der Waals surface area contributed by atoms with Crippen molar-refractivity contribution in [3.05, 3.63) is 23.3 Å². The third-order valence-electron chi connectivity index (χ3n) is 3.15. The highest BCUT2D eigenvalue weighted by atomic mass is 16.5. The molecule has 19 heavy (non-hydrogen) atoms. The van der Waals surface area contributed by atoms with Crippen molar-refractivity contribution in [3.63, 3.8) is 0 Å². The Morgan fingerprint density at radius 1 is 1.32 bits per heavy atom. The molecule has 5 heteroatoms. The quantitative estimate of drug-likeness (QED) is 0.811. The van der Waals surface area contributed by atoms with Crippen molar-refractivity contribution in [1.29, 1.82) is 0 Å². The minimum absolute atomic E-state index is 0.00591. The number of aliphatic carboxylic acids is 1. The van der Waals surface area contributed by atoms with E-state index < -0.39 is 5.97 Å². The Kier molecular flexibility index (Phi) is 4.27. The first-order chi connectivity index (χ1) is 9.11. The summed E-state index contributed by atoms with van der Waals surface area (Å²) in [6.45, 7) is 2.73. The van der Waals surface area contributed by atoms with E-state index in [1.807, 2.05) is 19.1 Å². The summed E-state index contributed by atoms with van der Waals surface area (Å²) in [4.78, 5) is 10.5. The first-order valence-corrected chi connectivity index (χ1v) is 6.49. The largest absolute Gasteiger partial charge is 0.494 e. The van der Waals surface area contributed by atoms with Crippen LogP contribution in [0.5, 0.6) is 11.5 Å². The lowest BCUT2D eigenvalue weighted by Gasteiger charge is -2.13. The molecule has 1 aliphatic carbocycles. The van der Waals surface area contributed by atoms with Crippen LogP contribution in [0.1, 0.15) is 24.5 Å². The summed E-state index contributed by atoms with van der Waals surface area (Å²) in [5, 5.41) is 8.62. The van der Waals surface area contributed by atoms with E-state index in [2.05, 4.69) is 0 Å². The summed E-state index contributed by atoms with van der Waals surface area (Å²) in [5.41, 5.74) is 8.15. The first-order valence-electron chi connectivity index (χ1n) is 6.49. The Morgan fingerprint density at radius 3 is 2.42 bits per heavy atom. The van der Waals surface area contributed by atoms with Gasteiger partial charge in [-0.2, -0.15) is 0 Å². The maximum absolute atomic E-state index is 10.5. The van der Waals surface area contributed by atoms with Gasteiger partial charge in [-0.05, 0) is 31.9 Å². The fourth-order valence-electron chi connectivity index (χ4n) is 2.37. The minimum atomic E-state index is -0.862. The number of carbonyl (C=O) groups is 1. The average molecular weight is 265 g/mol. The molecule has 0 radical (unpaired) electrons. The first kappa shape index (κ1) is 13.7. The summed E-state index contributed by atoms with van der Waals surface area (Å²) < 4.78 is 11.1. The van der Waals surface area contributed by atoms with Crippen LogP contribution in [0, 0.1) is 0 Å². The van der Waals surface area contributed by atoms with E-state index in [1.54, 1.807) is 0 Å². The maximum Gasteiger partial charge on any atom is 0.306 e. The summed E-state index contributed by atoms with van der Waals surface area (Å²) in [5.74, 6) is 0.725. The van der Waals surface area contributed by atoms with Crippen LogP contribution in [-0.4, -0.2) is 30.3 Å². The minimum Gasteiger partial charge on any atom is -0.494 e. The number of hydrogen-bond donors (Lipinski definition) is 2. The number of rotatable bonds is 6. The van der Waals surface area contributed by atoms with E-state index in [0.29, 0.717) is 6.61 Å². The Hall–Kier alpha value is -1.75. The zero-order valence-electron chi connectivity index (χ0n) is 11.0. The summed E-state index contributed by atoms with van der Waals surface area (Å²) in [7, 11) is 0. The van der Waals surface area contributed by atoms with Gasteiger partial charge in [-0.25, -0.2) is 0 Å². The second-order valence-corrected chi connectivity index (χ2v) is 4.61. The summed E-state index contributed by atoms with van der Waals surface area (Å²) >= 11 is 0. The van der Waals surface area contributed by atoms with Gasteiger partial charge in [0.25, 0.3) is 0 Å². The van der Waals surface area contributed by atoms with Crippen LogP contribution in [0.3, 0.4) is 0 Å². The molecule has 5 nitrogen and oxygen atoms in total. The van der Waals surface area contributed by atoms with Crippen molar-refractivity contribution in [2.75, 3.05) is 13.2 Å². The van der Waals surface area contributed by atoms with E-state index in [4.69, 9.17) is 20.3 Å². The van der Waals surface area contributed by atoms with Crippen molar-refractivity contribution in [2.24, 2.45) is 5.73 Å². The van der Waals surface area contributed by atoms with Gasteiger partial charge in [0, 0.05) is 17.2 Å². The van der Waals surface area contributed by atoms with Gasteiger partial charge in [-0.3, -0.25) is 4.79 Å². The number of benzene rings is 1. The molecule has 0 aromatic heterocycles. The third-order valence-corrected chi connectivity index (χ3v) is 3.15. The predicted molar refractivity (Wildman–Crippen MR) is 70.7 cm³/mol. The van der Waals surface area contributed by atoms with E-state index in [9.17, 15) is 4.79 Å². The molecule has 0 bridgehead atoms. The zero-order valence-corrected chi connectivity index (χ0v) is 11.0. The van der Waals surface area contributed by atoms with Crippen molar-refractivity contribution in [1.82, 2.24) is 0 Å². The SMILES string of the molecule is CCOc1ccc(OCCC(=O)O)c2c1CC(N)C2. The maximum atomic E-state index is 10.5. The van der Waals surface area contributed by atoms with E-state index in [0.717, 1.165) is 35.5 Å².